The van der Waals surface area contributed by atoms with Crippen molar-refractivity contribution < 1.29 is 14.6 Å². The molecule has 0 spiro atoms. The number of carbonyl (C=O) groups is 1. The van der Waals surface area contributed by atoms with Gasteiger partial charge in [-0.05, 0) is 39.5 Å². The molecule has 1 unspecified atom stereocenters. The first-order valence-electron chi connectivity index (χ1n) is 5.54. The van der Waals surface area contributed by atoms with Gasteiger partial charge in [-0.15, -0.1) is 0 Å². The fraction of sp³-hybridized carbons (Fsp3) is 0.909. The van der Waals surface area contributed by atoms with Gasteiger partial charge in [0.15, 0.2) is 0 Å². The maximum atomic E-state index is 11.9. The molecule has 0 aromatic heterocycles. The molecule has 2 aliphatic rings. The van der Waals surface area contributed by atoms with E-state index in [2.05, 4.69) is 0 Å². The van der Waals surface area contributed by atoms with Gasteiger partial charge in [0.05, 0.1) is 12.6 Å². The van der Waals surface area contributed by atoms with Crippen LogP contribution >= 0.6 is 0 Å². The first-order valence-corrected chi connectivity index (χ1v) is 5.54. The monoisotopic (exact) mass is 213 g/mol. The molecule has 86 valence electrons. The molecule has 2 fully saturated rings. The molecule has 1 aliphatic carbocycles. The summed E-state index contributed by atoms with van der Waals surface area (Å²) in [6.07, 6.45) is 1.74. The highest BCUT2D eigenvalue weighted by Crippen LogP contribution is 2.48. The summed E-state index contributed by atoms with van der Waals surface area (Å²) in [6.45, 7) is 5.63. The van der Waals surface area contributed by atoms with E-state index in [0.717, 1.165) is 12.8 Å². The van der Waals surface area contributed by atoms with Gasteiger partial charge in [0.25, 0.3) is 0 Å². The molecule has 1 amide bonds. The SMILES string of the molecule is CC(C)(C)OC(=O)N1[C@@H](CO)CC2C[C@H]21. The van der Waals surface area contributed by atoms with Gasteiger partial charge in [-0.25, -0.2) is 4.79 Å². The van der Waals surface area contributed by atoms with E-state index in [1.54, 1.807) is 4.90 Å². The smallest absolute Gasteiger partial charge is 0.410 e. The minimum atomic E-state index is -0.454. The van der Waals surface area contributed by atoms with Gasteiger partial charge in [-0.3, -0.25) is 4.90 Å². The number of nitrogens with zero attached hydrogens (tertiary/aromatic N) is 1. The van der Waals surface area contributed by atoms with E-state index in [-0.39, 0.29) is 18.7 Å². The average molecular weight is 213 g/mol. The number of piperidine rings is 1. The number of ether oxygens (including phenoxy) is 1. The Hall–Kier alpha value is -0.770. The Morgan fingerprint density at radius 1 is 1.47 bits per heavy atom. The topological polar surface area (TPSA) is 49.8 Å². The number of likely N-dealkylation sites (tertiary alicyclic amines) is 1. The summed E-state index contributed by atoms with van der Waals surface area (Å²) in [7, 11) is 0. The lowest BCUT2D eigenvalue weighted by molar-refractivity contribution is 0.0126. The molecular formula is C11H19NO3. The molecule has 4 nitrogen and oxygen atoms in total. The Morgan fingerprint density at radius 2 is 2.13 bits per heavy atom. The van der Waals surface area contributed by atoms with Crippen molar-refractivity contribution in [3.63, 3.8) is 0 Å². The Morgan fingerprint density at radius 3 is 2.67 bits per heavy atom. The number of fused-ring (bicyclic) bond motifs is 1. The number of hydrogen-bond donors (Lipinski definition) is 1. The highest BCUT2D eigenvalue weighted by atomic mass is 16.6. The molecule has 4 heteroatoms. The van der Waals surface area contributed by atoms with E-state index >= 15 is 0 Å². The second kappa shape index (κ2) is 3.37. The van der Waals surface area contributed by atoms with Crippen LogP contribution in [0.3, 0.4) is 0 Å². The minimum absolute atomic E-state index is 0.0244. The second-order valence-electron chi connectivity index (χ2n) is 5.52. The molecule has 1 saturated carbocycles. The van der Waals surface area contributed by atoms with Gasteiger partial charge >= 0.3 is 6.09 Å². The number of carbonyl (C=O) groups excluding carboxylic acids is 1. The van der Waals surface area contributed by atoms with Crippen LogP contribution in [0.2, 0.25) is 0 Å². The van der Waals surface area contributed by atoms with Crippen LogP contribution in [0.25, 0.3) is 0 Å². The molecule has 1 saturated heterocycles. The van der Waals surface area contributed by atoms with Crippen molar-refractivity contribution in [2.75, 3.05) is 6.61 Å². The van der Waals surface area contributed by atoms with Crippen LogP contribution in [0.4, 0.5) is 4.79 Å². The molecule has 2 rings (SSSR count). The summed E-state index contributed by atoms with van der Waals surface area (Å²) < 4.78 is 5.33. The zero-order valence-electron chi connectivity index (χ0n) is 9.56. The Balaban J connectivity index is 1.99. The third-order valence-electron chi connectivity index (χ3n) is 3.03. The number of aliphatic hydroxyl groups is 1. The minimum Gasteiger partial charge on any atom is -0.444 e. The van der Waals surface area contributed by atoms with Crippen molar-refractivity contribution in [1.82, 2.24) is 4.90 Å². The van der Waals surface area contributed by atoms with Gasteiger partial charge in [0.2, 0.25) is 0 Å². The van der Waals surface area contributed by atoms with E-state index in [1.807, 2.05) is 20.8 Å². The first kappa shape index (κ1) is 10.7. The Kier molecular flexibility index (Phi) is 2.41. The van der Waals surface area contributed by atoms with E-state index in [1.165, 1.54) is 0 Å². The number of aliphatic hydroxyl groups excluding tert-OH is 1. The van der Waals surface area contributed by atoms with Crippen LogP contribution < -0.4 is 0 Å². The zero-order valence-corrected chi connectivity index (χ0v) is 9.56. The number of hydrogen-bond acceptors (Lipinski definition) is 3. The normalized spacial score (nSPS) is 33.9. The molecular weight excluding hydrogens is 194 g/mol. The molecule has 1 heterocycles. The third kappa shape index (κ3) is 2.09. The van der Waals surface area contributed by atoms with Gasteiger partial charge in [0, 0.05) is 6.04 Å². The largest absolute Gasteiger partial charge is 0.444 e. The maximum absolute atomic E-state index is 11.9. The van der Waals surface area contributed by atoms with Crippen molar-refractivity contribution >= 4 is 6.09 Å². The van der Waals surface area contributed by atoms with E-state index < -0.39 is 5.60 Å². The molecule has 1 aliphatic heterocycles. The molecule has 1 N–H and O–H groups in total. The van der Waals surface area contributed by atoms with Gasteiger partial charge < -0.3 is 9.84 Å². The zero-order chi connectivity index (χ0) is 11.2. The summed E-state index contributed by atoms with van der Waals surface area (Å²) >= 11 is 0. The van der Waals surface area contributed by atoms with Crippen LogP contribution in [0.15, 0.2) is 0 Å². The summed E-state index contributed by atoms with van der Waals surface area (Å²) in [4.78, 5) is 13.6. The van der Waals surface area contributed by atoms with E-state index in [0.29, 0.717) is 12.0 Å². The van der Waals surface area contributed by atoms with Crippen LogP contribution in [0, 0.1) is 5.92 Å². The van der Waals surface area contributed by atoms with Crippen LogP contribution in [-0.4, -0.2) is 40.4 Å². The predicted molar refractivity (Wildman–Crippen MR) is 55.5 cm³/mol. The number of rotatable bonds is 1. The van der Waals surface area contributed by atoms with Gasteiger partial charge in [0.1, 0.15) is 5.60 Å². The summed E-state index contributed by atoms with van der Waals surface area (Å²) in [5.41, 5.74) is -0.454. The average Bonchev–Trinajstić information content (AvgIpc) is 2.73. The van der Waals surface area contributed by atoms with E-state index in [4.69, 9.17) is 4.74 Å². The summed E-state index contributed by atoms with van der Waals surface area (Å²) in [6, 6.07) is 0.306. The van der Waals surface area contributed by atoms with Crippen molar-refractivity contribution in [3.8, 4) is 0 Å². The lowest BCUT2D eigenvalue weighted by atomic mass is 10.2. The second-order valence-corrected chi connectivity index (χ2v) is 5.52. The molecule has 0 aromatic carbocycles. The summed E-state index contributed by atoms with van der Waals surface area (Å²) in [5, 5.41) is 9.17. The van der Waals surface area contributed by atoms with Crippen LogP contribution in [-0.2, 0) is 4.74 Å². The predicted octanol–water partition coefficient (Wildman–Crippen LogP) is 1.38. The maximum Gasteiger partial charge on any atom is 0.410 e. The first-order chi connectivity index (χ1) is 6.92. The van der Waals surface area contributed by atoms with Crippen molar-refractivity contribution in [3.05, 3.63) is 0 Å². The highest BCUT2D eigenvalue weighted by molar-refractivity contribution is 5.70. The van der Waals surface area contributed by atoms with Crippen LogP contribution in [0.5, 0.6) is 0 Å². The molecule has 0 radical (unpaired) electrons. The van der Waals surface area contributed by atoms with E-state index in [9.17, 15) is 9.90 Å². The molecule has 0 bridgehead atoms. The van der Waals surface area contributed by atoms with Gasteiger partial charge in [-0.2, -0.15) is 0 Å². The lowest BCUT2D eigenvalue weighted by Crippen LogP contribution is -2.43. The van der Waals surface area contributed by atoms with Crippen molar-refractivity contribution in [1.29, 1.82) is 0 Å². The summed E-state index contributed by atoms with van der Waals surface area (Å²) in [5.74, 6) is 0.606. The lowest BCUT2D eigenvalue weighted by Gasteiger charge is -2.29. The Labute approximate surface area is 90.2 Å². The highest BCUT2D eigenvalue weighted by Gasteiger charge is 2.54. The molecule has 0 aromatic rings. The Bertz CT molecular complexity index is 271. The fourth-order valence-electron chi connectivity index (χ4n) is 2.32. The van der Waals surface area contributed by atoms with Crippen molar-refractivity contribution in [2.45, 2.75) is 51.3 Å². The fourth-order valence-corrected chi connectivity index (χ4v) is 2.32. The number of amides is 1. The van der Waals surface area contributed by atoms with Crippen molar-refractivity contribution in [2.24, 2.45) is 5.92 Å². The molecule has 3 atom stereocenters. The third-order valence-corrected chi connectivity index (χ3v) is 3.03. The van der Waals surface area contributed by atoms with Gasteiger partial charge in [-0.1, -0.05) is 0 Å². The quantitative estimate of drug-likeness (QED) is 0.715. The molecule has 15 heavy (non-hydrogen) atoms. The standard InChI is InChI=1S/C11H19NO3/c1-11(2,3)15-10(14)12-8(6-13)4-7-5-9(7)12/h7-9,13H,4-6H2,1-3H3/t7?,8-,9-/m1/s1. The van der Waals surface area contributed by atoms with Crippen LogP contribution in [0.1, 0.15) is 33.6 Å².